The number of esters is 1. The first kappa shape index (κ1) is 11.4. The molecule has 92 valence electrons. The number of hydrogen-bond donors (Lipinski definition) is 2. The summed E-state index contributed by atoms with van der Waals surface area (Å²) in [7, 11) is 0. The smallest absolute Gasteiger partial charge is 0.356 e. The van der Waals surface area contributed by atoms with Crippen LogP contribution in [-0.4, -0.2) is 40.0 Å². The number of fused-ring (bicyclic) bond motifs is 1. The van der Waals surface area contributed by atoms with Crippen molar-refractivity contribution in [3.8, 4) is 0 Å². The summed E-state index contributed by atoms with van der Waals surface area (Å²) in [5.74, 6) is -1.09. The van der Waals surface area contributed by atoms with Crippen molar-refractivity contribution in [2.24, 2.45) is 5.92 Å². The van der Waals surface area contributed by atoms with E-state index in [2.05, 4.69) is 10.4 Å². The van der Waals surface area contributed by atoms with E-state index in [4.69, 9.17) is 9.84 Å². The molecule has 2 N–H and O–H groups in total. The predicted octanol–water partition coefficient (Wildman–Crippen LogP) is 0.186. The van der Waals surface area contributed by atoms with Gasteiger partial charge in [-0.1, -0.05) is 0 Å². The van der Waals surface area contributed by atoms with Gasteiger partial charge in [-0.2, -0.15) is 5.10 Å². The summed E-state index contributed by atoms with van der Waals surface area (Å²) in [6, 6.07) is 1.45. The number of carbonyl (C=O) groups is 2. The Balaban J connectivity index is 2.13. The van der Waals surface area contributed by atoms with E-state index in [0.717, 1.165) is 0 Å². The van der Waals surface area contributed by atoms with Crippen molar-refractivity contribution in [2.75, 3.05) is 18.5 Å². The Morgan fingerprint density at radius 3 is 3.12 bits per heavy atom. The second kappa shape index (κ2) is 4.44. The minimum atomic E-state index is -1.08. The van der Waals surface area contributed by atoms with Crippen LogP contribution in [-0.2, 0) is 16.1 Å². The summed E-state index contributed by atoms with van der Waals surface area (Å²) >= 11 is 0. The van der Waals surface area contributed by atoms with Crippen molar-refractivity contribution in [1.29, 1.82) is 0 Å². The average Bonchev–Trinajstić information content (AvgIpc) is 2.71. The number of nitrogens with zero attached hydrogens (tertiary/aromatic N) is 2. The number of carbonyl (C=O) groups excluding carboxylic acids is 1. The highest BCUT2D eigenvalue weighted by molar-refractivity contribution is 5.86. The predicted molar refractivity (Wildman–Crippen MR) is 57.8 cm³/mol. The van der Waals surface area contributed by atoms with Crippen LogP contribution in [0, 0.1) is 5.92 Å². The van der Waals surface area contributed by atoms with E-state index in [0.29, 0.717) is 25.5 Å². The lowest BCUT2D eigenvalue weighted by Gasteiger charge is -2.23. The number of nitrogens with one attached hydrogen (secondary N) is 1. The Hall–Kier alpha value is -2.05. The topological polar surface area (TPSA) is 93.4 Å². The maximum atomic E-state index is 11.5. The summed E-state index contributed by atoms with van der Waals surface area (Å²) in [5.41, 5.74) is -0.0305. The third-order valence-corrected chi connectivity index (χ3v) is 2.54. The minimum absolute atomic E-state index is 0.0305. The van der Waals surface area contributed by atoms with Gasteiger partial charge in [-0.3, -0.25) is 4.79 Å². The molecule has 1 atom stereocenters. The SMILES string of the molecule is CCOC(=O)C1CNc2cc(C(=O)O)nn2C1. The highest BCUT2D eigenvalue weighted by Gasteiger charge is 2.27. The van der Waals surface area contributed by atoms with Gasteiger partial charge in [0, 0.05) is 12.6 Å². The molecule has 1 aliphatic heterocycles. The van der Waals surface area contributed by atoms with E-state index in [1.807, 2.05) is 0 Å². The van der Waals surface area contributed by atoms with Crippen LogP contribution >= 0.6 is 0 Å². The number of carboxylic acids is 1. The van der Waals surface area contributed by atoms with Crippen molar-refractivity contribution >= 4 is 17.8 Å². The van der Waals surface area contributed by atoms with Gasteiger partial charge < -0.3 is 15.2 Å². The number of carboxylic acid groups (broad SMARTS) is 1. The third-order valence-electron chi connectivity index (χ3n) is 2.54. The average molecular weight is 239 g/mol. The highest BCUT2D eigenvalue weighted by Crippen LogP contribution is 2.19. The van der Waals surface area contributed by atoms with Crippen LogP contribution in [0.5, 0.6) is 0 Å². The normalized spacial score (nSPS) is 18.1. The Morgan fingerprint density at radius 1 is 1.71 bits per heavy atom. The lowest BCUT2D eigenvalue weighted by atomic mass is 10.1. The fraction of sp³-hybridized carbons (Fsp3) is 0.500. The molecule has 0 amide bonds. The van der Waals surface area contributed by atoms with E-state index in [1.54, 1.807) is 6.92 Å². The molecule has 1 aliphatic rings. The quantitative estimate of drug-likeness (QED) is 0.731. The number of ether oxygens (including phenoxy) is 1. The van der Waals surface area contributed by atoms with Crippen molar-refractivity contribution < 1.29 is 19.4 Å². The van der Waals surface area contributed by atoms with Crippen molar-refractivity contribution in [3.05, 3.63) is 11.8 Å². The van der Waals surface area contributed by atoms with Crippen LogP contribution in [0.15, 0.2) is 6.07 Å². The van der Waals surface area contributed by atoms with Crippen LogP contribution in [0.1, 0.15) is 17.4 Å². The monoisotopic (exact) mass is 239 g/mol. The zero-order valence-electron chi connectivity index (χ0n) is 9.34. The van der Waals surface area contributed by atoms with E-state index < -0.39 is 5.97 Å². The van der Waals surface area contributed by atoms with Crippen LogP contribution in [0.4, 0.5) is 5.82 Å². The molecule has 1 aromatic heterocycles. The van der Waals surface area contributed by atoms with Gasteiger partial charge in [0.05, 0.1) is 19.1 Å². The molecule has 2 heterocycles. The molecular formula is C10H13N3O4. The summed E-state index contributed by atoms with van der Waals surface area (Å²) in [4.78, 5) is 22.3. The van der Waals surface area contributed by atoms with E-state index in [9.17, 15) is 9.59 Å². The van der Waals surface area contributed by atoms with Crippen molar-refractivity contribution in [2.45, 2.75) is 13.5 Å². The molecule has 1 aromatic rings. The summed E-state index contributed by atoms with van der Waals surface area (Å²) in [5, 5.41) is 15.7. The van der Waals surface area contributed by atoms with Gasteiger partial charge in [0.2, 0.25) is 0 Å². The fourth-order valence-electron chi connectivity index (χ4n) is 1.72. The van der Waals surface area contributed by atoms with Crippen molar-refractivity contribution in [3.63, 3.8) is 0 Å². The third kappa shape index (κ3) is 2.22. The van der Waals surface area contributed by atoms with Crippen LogP contribution in [0.25, 0.3) is 0 Å². The van der Waals surface area contributed by atoms with Gasteiger partial charge in [-0.25, -0.2) is 9.48 Å². The Labute approximate surface area is 97.4 Å². The van der Waals surface area contributed by atoms with Gasteiger partial charge in [0.25, 0.3) is 0 Å². The first-order valence-electron chi connectivity index (χ1n) is 5.33. The maximum Gasteiger partial charge on any atom is 0.356 e. The molecule has 0 aromatic carbocycles. The molecule has 7 nitrogen and oxygen atoms in total. The lowest BCUT2D eigenvalue weighted by molar-refractivity contribution is -0.148. The number of hydrogen-bond acceptors (Lipinski definition) is 5. The number of aromatic carboxylic acids is 1. The standard InChI is InChI=1S/C10H13N3O4/c1-2-17-10(16)6-4-11-8-3-7(9(14)15)12-13(8)5-6/h3,6,11H,2,4-5H2,1H3,(H,14,15). The summed E-state index contributed by atoms with van der Waals surface area (Å²) in [6.07, 6.45) is 0. The van der Waals surface area contributed by atoms with E-state index in [1.165, 1.54) is 10.7 Å². The first-order chi connectivity index (χ1) is 8.11. The Morgan fingerprint density at radius 2 is 2.47 bits per heavy atom. The molecule has 0 spiro atoms. The van der Waals surface area contributed by atoms with Gasteiger partial charge in [0.15, 0.2) is 5.69 Å². The van der Waals surface area contributed by atoms with Gasteiger partial charge in [-0.15, -0.1) is 0 Å². The van der Waals surface area contributed by atoms with Gasteiger partial charge in [0.1, 0.15) is 5.82 Å². The number of anilines is 1. The number of rotatable bonds is 3. The number of aromatic nitrogens is 2. The lowest BCUT2D eigenvalue weighted by Crippen LogP contribution is -2.34. The van der Waals surface area contributed by atoms with Crippen LogP contribution in [0.2, 0.25) is 0 Å². The molecule has 2 rings (SSSR count). The minimum Gasteiger partial charge on any atom is -0.476 e. The fourth-order valence-corrected chi connectivity index (χ4v) is 1.72. The molecule has 7 heteroatoms. The zero-order valence-corrected chi connectivity index (χ0v) is 9.34. The largest absolute Gasteiger partial charge is 0.476 e. The molecule has 17 heavy (non-hydrogen) atoms. The second-order valence-electron chi connectivity index (χ2n) is 3.73. The molecule has 1 unspecified atom stereocenters. The first-order valence-corrected chi connectivity index (χ1v) is 5.33. The maximum absolute atomic E-state index is 11.5. The molecule has 0 bridgehead atoms. The Bertz CT molecular complexity index is 454. The van der Waals surface area contributed by atoms with Gasteiger partial charge >= 0.3 is 11.9 Å². The van der Waals surface area contributed by atoms with Crippen molar-refractivity contribution in [1.82, 2.24) is 9.78 Å². The van der Waals surface area contributed by atoms with Gasteiger partial charge in [-0.05, 0) is 6.92 Å². The van der Waals surface area contributed by atoms with Crippen LogP contribution < -0.4 is 5.32 Å². The highest BCUT2D eigenvalue weighted by atomic mass is 16.5. The summed E-state index contributed by atoms with van der Waals surface area (Å²) < 4.78 is 6.39. The Kier molecular flexibility index (Phi) is 2.99. The molecular weight excluding hydrogens is 226 g/mol. The molecule has 0 radical (unpaired) electrons. The molecule has 0 aliphatic carbocycles. The van der Waals surface area contributed by atoms with Crippen LogP contribution in [0.3, 0.4) is 0 Å². The van der Waals surface area contributed by atoms with E-state index in [-0.39, 0.29) is 17.6 Å². The van der Waals surface area contributed by atoms with E-state index >= 15 is 0 Å². The molecule has 0 saturated carbocycles. The molecule has 0 saturated heterocycles. The molecule has 0 fully saturated rings. The second-order valence-corrected chi connectivity index (χ2v) is 3.73. The summed E-state index contributed by atoms with van der Waals surface area (Å²) in [6.45, 7) is 2.86. The zero-order chi connectivity index (χ0) is 12.4.